The number of carbonyl (C=O) groups excluding carboxylic acids is 2. The van der Waals surface area contributed by atoms with Crippen LogP contribution in [0.25, 0.3) is 15.3 Å². The molecule has 0 radical (unpaired) electrons. The summed E-state index contributed by atoms with van der Waals surface area (Å²) in [7, 11) is 1.92. The minimum absolute atomic E-state index is 0.199. The molecule has 0 saturated carbocycles. The zero-order valence-electron chi connectivity index (χ0n) is 21.0. The number of pyridine rings is 1. The molecule has 11 heteroatoms. The van der Waals surface area contributed by atoms with Gasteiger partial charge in [-0.15, -0.1) is 11.3 Å². The molecule has 0 aromatic carbocycles. The number of aryl methyl sites for hydroxylation is 3. The van der Waals surface area contributed by atoms with E-state index in [0.717, 1.165) is 46.3 Å². The van der Waals surface area contributed by atoms with Crippen LogP contribution in [0.2, 0.25) is 0 Å². The maximum absolute atomic E-state index is 13.2. The maximum Gasteiger partial charge on any atom is 0.260 e. The zero-order chi connectivity index (χ0) is 25.4. The van der Waals surface area contributed by atoms with E-state index < -0.39 is 0 Å². The largest absolute Gasteiger partial charge is 0.351 e. The Morgan fingerprint density at radius 1 is 1.08 bits per heavy atom. The minimum Gasteiger partial charge on any atom is -0.351 e. The summed E-state index contributed by atoms with van der Waals surface area (Å²) in [4.78, 5) is 34.3. The number of nitrogens with zero attached hydrogens (tertiary/aromatic N) is 6. The second-order valence-electron chi connectivity index (χ2n) is 9.19. The van der Waals surface area contributed by atoms with Gasteiger partial charge in [0.25, 0.3) is 11.8 Å². The molecule has 5 heterocycles. The Morgan fingerprint density at radius 2 is 1.86 bits per heavy atom. The van der Waals surface area contributed by atoms with Crippen molar-refractivity contribution in [2.75, 3.05) is 31.5 Å². The number of nitrogens with one attached hydrogen (secondary N) is 2. The number of carbonyl (C=O) groups is 2. The van der Waals surface area contributed by atoms with Crippen LogP contribution in [0.5, 0.6) is 0 Å². The molecule has 36 heavy (non-hydrogen) atoms. The van der Waals surface area contributed by atoms with E-state index in [2.05, 4.69) is 30.7 Å². The van der Waals surface area contributed by atoms with E-state index in [1.54, 1.807) is 29.9 Å². The smallest absolute Gasteiger partial charge is 0.260 e. The van der Waals surface area contributed by atoms with Gasteiger partial charge in [0.05, 0.1) is 39.3 Å². The summed E-state index contributed by atoms with van der Waals surface area (Å²) in [5, 5.41) is 14.8. The van der Waals surface area contributed by atoms with Crippen LogP contribution in [0.3, 0.4) is 0 Å². The van der Waals surface area contributed by atoms with Crippen LogP contribution in [0.4, 0.5) is 5.69 Å². The van der Waals surface area contributed by atoms with Crippen molar-refractivity contribution in [2.24, 2.45) is 7.05 Å². The lowest BCUT2D eigenvalue weighted by Crippen LogP contribution is -2.33. The number of fused-ring (bicyclic) bond motifs is 1. The Bertz CT molecular complexity index is 1440. The van der Waals surface area contributed by atoms with E-state index in [1.165, 1.54) is 24.2 Å². The summed E-state index contributed by atoms with van der Waals surface area (Å²) in [5.41, 5.74) is 5.06. The van der Waals surface area contributed by atoms with Gasteiger partial charge in [-0.05, 0) is 52.8 Å². The molecular formula is C25H30N8O2S. The van der Waals surface area contributed by atoms with Crippen molar-refractivity contribution in [3.05, 3.63) is 52.9 Å². The number of hydrogen-bond donors (Lipinski definition) is 2. The van der Waals surface area contributed by atoms with E-state index in [1.807, 2.05) is 31.8 Å². The predicted molar refractivity (Wildman–Crippen MR) is 140 cm³/mol. The Hall–Kier alpha value is -3.57. The molecule has 0 spiro atoms. The van der Waals surface area contributed by atoms with Crippen LogP contribution in [0.15, 0.2) is 24.7 Å². The van der Waals surface area contributed by atoms with Crippen LogP contribution in [-0.2, 0) is 7.05 Å². The third-order valence-electron chi connectivity index (χ3n) is 6.71. The number of hydrogen-bond acceptors (Lipinski definition) is 7. The molecule has 10 nitrogen and oxygen atoms in total. The summed E-state index contributed by atoms with van der Waals surface area (Å²) in [5.74, 6) is -0.496. The SMILES string of the molecule is Cc1ncc(C(=O)NCCN2CCCC2)cc1NC(=O)c1cnn2cc(-c3c(C)nn(C)c3C)sc12. The molecule has 2 N–H and O–H groups in total. The molecule has 188 valence electrons. The summed E-state index contributed by atoms with van der Waals surface area (Å²) in [6.07, 6.45) is 7.47. The molecule has 1 fully saturated rings. The van der Waals surface area contributed by atoms with E-state index in [9.17, 15) is 9.59 Å². The van der Waals surface area contributed by atoms with E-state index in [4.69, 9.17) is 0 Å². The van der Waals surface area contributed by atoms with Crippen molar-refractivity contribution in [3.63, 3.8) is 0 Å². The molecule has 0 bridgehead atoms. The molecule has 5 rings (SSSR count). The summed E-state index contributed by atoms with van der Waals surface area (Å²) < 4.78 is 3.57. The lowest BCUT2D eigenvalue weighted by atomic mass is 10.2. The van der Waals surface area contributed by atoms with Gasteiger partial charge in [0.2, 0.25) is 0 Å². The lowest BCUT2D eigenvalue weighted by Gasteiger charge is -2.15. The van der Waals surface area contributed by atoms with E-state index in [-0.39, 0.29) is 11.8 Å². The molecule has 0 atom stereocenters. The summed E-state index contributed by atoms with van der Waals surface area (Å²) >= 11 is 1.50. The highest BCUT2D eigenvalue weighted by Gasteiger charge is 2.21. The predicted octanol–water partition coefficient (Wildman–Crippen LogP) is 3.19. The van der Waals surface area contributed by atoms with Crippen LogP contribution < -0.4 is 10.6 Å². The molecule has 4 aromatic heterocycles. The van der Waals surface area contributed by atoms with Gasteiger partial charge in [-0.2, -0.15) is 10.2 Å². The molecule has 2 amide bonds. The second-order valence-corrected chi connectivity index (χ2v) is 10.2. The van der Waals surface area contributed by atoms with Gasteiger partial charge in [-0.1, -0.05) is 0 Å². The Labute approximate surface area is 213 Å². The van der Waals surface area contributed by atoms with Gasteiger partial charge in [-0.25, -0.2) is 4.52 Å². The fraction of sp³-hybridized carbons (Fsp3) is 0.400. The first-order valence-electron chi connectivity index (χ1n) is 12.1. The van der Waals surface area contributed by atoms with Gasteiger partial charge in [0.1, 0.15) is 4.83 Å². The van der Waals surface area contributed by atoms with Crippen LogP contribution >= 0.6 is 11.3 Å². The molecule has 0 unspecified atom stereocenters. The fourth-order valence-corrected chi connectivity index (χ4v) is 5.80. The van der Waals surface area contributed by atoms with Crippen LogP contribution in [0, 0.1) is 20.8 Å². The highest BCUT2D eigenvalue weighted by molar-refractivity contribution is 7.21. The van der Waals surface area contributed by atoms with Gasteiger partial charge in [0.15, 0.2) is 0 Å². The number of thiazole rings is 1. The van der Waals surface area contributed by atoms with Gasteiger partial charge in [-0.3, -0.25) is 19.3 Å². The lowest BCUT2D eigenvalue weighted by molar-refractivity contribution is 0.0948. The summed E-state index contributed by atoms with van der Waals surface area (Å²) in [6.45, 7) is 9.41. The van der Waals surface area contributed by atoms with Crippen molar-refractivity contribution in [3.8, 4) is 10.4 Å². The van der Waals surface area contributed by atoms with Crippen molar-refractivity contribution in [2.45, 2.75) is 33.6 Å². The first kappa shape index (κ1) is 24.1. The molecular weight excluding hydrogens is 476 g/mol. The molecule has 1 aliphatic heterocycles. The molecule has 0 aliphatic carbocycles. The number of rotatable bonds is 7. The van der Waals surface area contributed by atoms with E-state index >= 15 is 0 Å². The number of amides is 2. The topological polar surface area (TPSA) is 109 Å². The van der Waals surface area contributed by atoms with Gasteiger partial charge in [0, 0.05) is 43.8 Å². The second kappa shape index (κ2) is 9.82. The Morgan fingerprint density at radius 3 is 2.58 bits per heavy atom. The normalized spacial score (nSPS) is 14.0. The third-order valence-corrected chi connectivity index (χ3v) is 7.84. The van der Waals surface area contributed by atoms with Crippen molar-refractivity contribution >= 4 is 33.7 Å². The third kappa shape index (κ3) is 4.63. The highest BCUT2D eigenvalue weighted by atomic mass is 32.1. The number of likely N-dealkylation sites (tertiary alicyclic amines) is 1. The van der Waals surface area contributed by atoms with Crippen molar-refractivity contribution in [1.29, 1.82) is 0 Å². The Kier molecular flexibility index (Phi) is 6.59. The minimum atomic E-state index is -0.297. The maximum atomic E-state index is 13.2. The number of anilines is 1. The van der Waals surface area contributed by atoms with Gasteiger partial charge >= 0.3 is 0 Å². The Balaban J connectivity index is 1.32. The standard InChI is InChI=1S/C25H30N8O2S/c1-15-20(11-18(12-27-15)23(34)26-7-10-32-8-5-6-9-32)29-24(35)19-13-28-33-14-21(36-25(19)33)22-16(2)30-31(4)17(22)3/h11-14H,5-10H2,1-4H3,(H,26,34)(H,29,35). The molecule has 1 saturated heterocycles. The van der Waals surface area contributed by atoms with Crippen LogP contribution in [-0.4, -0.2) is 67.3 Å². The van der Waals surface area contributed by atoms with Gasteiger partial charge < -0.3 is 15.5 Å². The van der Waals surface area contributed by atoms with Crippen molar-refractivity contribution < 1.29 is 9.59 Å². The first-order chi connectivity index (χ1) is 17.3. The average molecular weight is 507 g/mol. The summed E-state index contributed by atoms with van der Waals surface area (Å²) in [6, 6.07) is 1.67. The zero-order valence-corrected chi connectivity index (χ0v) is 21.8. The van der Waals surface area contributed by atoms with Crippen LogP contribution in [0.1, 0.15) is 50.6 Å². The fourth-order valence-electron chi connectivity index (χ4n) is 4.60. The quantitative estimate of drug-likeness (QED) is 0.398. The average Bonchev–Trinajstić information content (AvgIpc) is 3.61. The first-order valence-corrected chi connectivity index (χ1v) is 12.9. The molecule has 4 aromatic rings. The highest BCUT2D eigenvalue weighted by Crippen LogP contribution is 2.34. The van der Waals surface area contributed by atoms with Crippen molar-refractivity contribution in [1.82, 2.24) is 34.6 Å². The number of aromatic nitrogens is 5. The molecule has 1 aliphatic rings. The monoisotopic (exact) mass is 506 g/mol. The van der Waals surface area contributed by atoms with E-state index in [0.29, 0.717) is 29.1 Å².